The number of aromatic nitrogens is 4. The Morgan fingerprint density at radius 3 is 1.62 bits per heavy atom. The molecule has 4 aromatic heterocycles. The third kappa shape index (κ3) is 1.70. The van der Waals surface area contributed by atoms with Crippen molar-refractivity contribution in [2.24, 2.45) is 0 Å². The van der Waals surface area contributed by atoms with Gasteiger partial charge in [-0.2, -0.15) is 0 Å². The molecule has 4 aromatic rings. The highest BCUT2D eigenvalue weighted by Gasteiger charge is 2.24. The van der Waals surface area contributed by atoms with E-state index in [2.05, 4.69) is 9.97 Å². The first kappa shape index (κ1) is 13.2. The van der Waals surface area contributed by atoms with Gasteiger partial charge in [0.2, 0.25) is 0 Å². The normalized spacial score (nSPS) is 13.0. The summed E-state index contributed by atoms with van der Waals surface area (Å²) in [6.45, 7) is 0. The van der Waals surface area contributed by atoms with Gasteiger partial charge in [0.05, 0.1) is 11.4 Å². The van der Waals surface area contributed by atoms with Crippen molar-refractivity contribution in [2.45, 2.75) is 12.8 Å². The van der Waals surface area contributed by atoms with Crippen LogP contribution < -0.4 is 11.1 Å². The zero-order valence-corrected chi connectivity index (χ0v) is 12.6. The van der Waals surface area contributed by atoms with Gasteiger partial charge < -0.3 is 0 Å². The van der Waals surface area contributed by atoms with Crippen LogP contribution in [0.5, 0.6) is 0 Å². The van der Waals surface area contributed by atoms with E-state index in [0.717, 1.165) is 0 Å². The van der Waals surface area contributed by atoms with Crippen molar-refractivity contribution in [3.63, 3.8) is 0 Å². The minimum atomic E-state index is -0.0867. The van der Waals surface area contributed by atoms with Gasteiger partial charge in [0.25, 0.3) is 11.1 Å². The molecule has 4 heterocycles. The first-order chi connectivity index (χ1) is 11.7. The summed E-state index contributed by atoms with van der Waals surface area (Å²) >= 11 is 0. The summed E-state index contributed by atoms with van der Waals surface area (Å²) in [7, 11) is 0. The van der Waals surface area contributed by atoms with Crippen molar-refractivity contribution in [3.05, 3.63) is 92.0 Å². The summed E-state index contributed by atoms with van der Waals surface area (Å²) in [5, 5.41) is 0. The SMILES string of the molecule is O=c1c2c(nc3ccccn13)Cc1c(nc3ccccn3c1=O)C2. The maximum absolute atomic E-state index is 12.7. The first-order valence-electron chi connectivity index (χ1n) is 7.71. The standard InChI is InChI=1S/C18H12N4O2/c23-17-11-10-14-12(18(24)22-8-4-2-6-16(22)20-14)9-13(11)19-15-5-1-3-7-21(15)17/h1-8H,9-10H2. The summed E-state index contributed by atoms with van der Waals surface area (Å²) in [6, 6.07) is 10.9. The van der Waals surface area contributed by atoms with Crippen LogP contribution in [-0.2, 0) is 12.8 Å². The molecule has 116 valence electrons. The quantitative estimate of drug-likeness (QED) is 0.430. The Bertz CT molecular complexity index is 1150. The van der Waals surface area contributed by atoms with E-state index in [1.54, 1.807) is 36.7 Å². The molecule has 5 rings (SSSR count). The lowest BCUT2D eigenvalue weighted by molar-refractivity contribution is 0.829. The van der Waals surface area contributed by atoms with Gasteiger partial charge in [-0.1, -0.05) is 12.1 Å². The fourth-order valence-electron chi connectivity index (χ4n) is 3.33. The van der Waals surface area contributed by atoms with Crippen LogP contribution in [0.3, 0.4) is 0 Å². The van der Waals surface area contributed by atoms with Gasteiger partial charge >= 0.3 is 0 Å². The fraction of sp³-hybridized carbons (Fsp3) is 0.111. The molecular formula is C18H12N4O2. The van der Waals surface area contributed by atoms with Crippen LogP contribution in [0.2, 0.25) is 0 Å². The molecule has 0 unspecified atom stereocenters. The van der Waals surface area contributed by atoms with Crippen LogP contribution in [0.25, 0.3) is 11.3 Å². The summed E-state index contributed by atoms with van der Waals surface area (Å²) in [5.74, 6) is 0. The van der Waals surface area contributed by atoms with Crippen molar-refractivity contribution in [1.29, 1.82) is 0 Å². The van der Waals surface area contributed by atoms with E-state index in [1.165, 1.54) is 8.80 Å². The second-order valence-corrected chi connectivity index (χ2v) is 5.90. The molecule has 0 fully saturated rings. The molecule has 1 aliphatic rings. The highest BCUT2D eigenvalue weighted by molar-refractivity contribution is 5.48. The predicted octanol–water partition coefficient (Wildman–Crippen LogP) is 1.20. The lowest BCUT2D eigenvalue weighted by Crippen LogP contribution is -2.31. The van der Waals surface area contributed by atoms with Gasteiger partial charge in [0, 0.05) is 36.4 Å². The molecule has 0 N–H and O–H groups in total. The van der Waals surface area contributed by atoms with Crippen LogP contribution in [0.15, 0.2) is 58.4 Å². The molecule has 6 nitrogen and oxygen atoms in total. The maximum atomic E-state index is 12.7. The van der Waals surface area contributed by atoms with Gasteiger partial charge in [-0.05, 0) is 24.3 Å². The summed E-state index contributed by atoms with van der Waals surface area (Å²) in [4.78, 5) is 34.7. The topological polar surface area (TPSA) is 68.7 Å². The molecule has 0 aromatic carbocycles. The molecule has 6 heteroatoms. The van der Waals surface area contributed by atoms with Crippen molar-refractivity contribution in [2.75, 3.05) is 0 Å². The Hall–Kier alpha value is -3.28. The third-order valence-corrected chi connectivity index (χ3v) is 4.51. The van der Waals surface area contributed by atoms with Crippen LogP contribution in [0.4, 0.5) is 0 Å². The van der Waals surface area contributed by atoms with Gasteiger partial charge in [-0.3, -0.25) is 18.4 Å². The van der Waals surface area contributed by atoms with Gasteiger partial charge in [0.1, 0.15) is 11.3 Å². The number of rotatable bonds is 0. The number of hydrogen-bond donors (Lipinski definition) is 0. The number of fused-ring (bicyclic) bond motifs is 4. The molecule has 0 saturated heterocycles. The van der Waals surface area contributed by atoms with Crippen LogP contribution in [-0.4, -0.2) is 18.8 Å². The maximum Gasteiger partial charge on any atom is 0.261 e. The summed E-state index contributed by atoms with van der Waals surface area (Å²) in [6.07, 6.45) is 4.11. The van der Waals surface area contributed by atoms with Crippen molar-refractivity contribution >= 4 is 11.3 Å². The van der Waals surface area contributed by atoms with E-state index < -0.39 is 0 Å². The van der Waals surface area contributed by atoms with E-state index in [1.807, 2.05) is 12.1 Å². The monoisotopic (exact) mass is 316 g/mol. The van der Waals surface area contributed by atoms with E-state index in [0.29, 0.717) is 46.7 Å². The number of pyridine rings is 2. The van der Waals surface area contributed by atoms with E-state index in [4.69, 9.17) is 0 Å². The average Bonchev–Trinajstić information content (AvgIpc) is 2.62. The largest absolute Gasteiger partial charge is 0.269 e. The summed E-state index contributed by atoms with van der Waals surface area (Å²) in [5.41, 5.74) is 3.61. The van der Waals surface area contributed by atoms with Crippen LogP contribution in [0.1, 0.15) is 22.5 Å². The second kappa shape index (κ2) is 4.61. The Kier molecular flexibility index (Phi) is 2.53. The van der Waals surface area contributed by atoms with E-state index in [9.17, 15) is 9.59 Å². The zero-order valence-electron chi connectivity index (χ0n) is 12.6. The zero-order chi connectivity index (χ0) is 16.3. The molecule has 0 atom stereocenters. The Morgan fingerprint density at radius 2 is 1.17 bits per heavy atom. The molecule has 0 saturated carbocycles. The molecule has 0 aliphatic heterocycles. The third-order valence-electron chi connectivity index (χ3n) is 4.51. The van der Waals surface area contributed by atoms with Crippen molar-refractivity contribution < 1.29 is 0 Å². The lowest BCUT2D eigenvalue weighted by Gasteiger charge is -2.18. The highest BCUT2D eigenvalue weighted by Crippen LogP contribution is 2.21. The second-order valence-electron chi connectivity index (χ2n) is 5.90. The first-order valence-corrected chi connectivity index (χ1v) is 7.71. The van der Waals surface area contributed by atoms with Gasteiger partial charge in [-0.25, -0.2) is 9.97 Å². The highest BCUT2D eigenvalue weighted by atomic mass is 16.1. The fourth-order valence-corrected chi connectivity index (χ4v) is 3.33. The van der Waals surface area contributed by atoms with E-state index >= 15 is 0 Å². The smallest absolute Gasteiger partial charge is 0.261 e. The predicted molar refractivity (Wildman–Crippen MR) is 88.5 cm³/mol. The minimum Gasteiger partial charge on any atom is -0.269 e. The molecule has 0 spiro atoms. The Labute approximate surface area is 135 Å². The summed E-state index contributed by atoms with van der Waals surface area (Å²) < 4.78 is 3.08. The number of hydrogen-bond acceptors (Lipinski definition) is 4. The molecule has 0 radical (unpaired) electrons. The molecular weight excluding hydrogens is 304 g/mol. The minimum absolute atomic E-state index is 0.0867. The van der Waals surface area contributed by atoms with E-state index in [-0.39, 0.29) is 11.1 Å². The average molecular weight is 316 g/mol. The van der Waals surface area contributed by atoms with Crippen LogP contribution >= 0.6 is 0 Å². The van der Waals surface area contributed by atoms with Crippen molar-refractivity contribution in [1.82, 2.24) is 18.8 Å². The number of nitrogens with zero attached hydrogens (tertiary/aromatic N) is 4. The Balaban J connectivity index is 1.81. The molecule has 1 aliphatic carbocycles. The molecule has 24 heavy (non-hydrogen) atoms. The van der Waals surface area contributed by atoms with Gasteiger partial charge in [-0.15, -0.1) is 0 Å². The van der Waals surface area contributed by atoms with Crippen molar-refractivity contribution in [3.8, 4) is 0 Å². The molecule has 0 bridgehead atoms. The van der Waals surface area contributed by atoms with Crippen LogP contribution in [0, 0.1) is 0 Å². The molecule has 0 amide bonds. The van der Waals surface area contributed by atoms with Gasteiger partial charge in [0.15, 0.2) is 0 Å². The Morgan fingerprint density at radius 1 is 0.708 bits per heavy atom. The lowest BCUT2D eigenvalue weighted by atomic mass is 9.94.